The van der Waals surface area contributed by atoms with Crippen molar-refractivity contribution in [3.05, 3.63) is 54.1 Å². The van der Waals surface area contributed by atoms with Crippen LogP contribution in [0.4, 0.5) is 5.69 Å². The van der Waals surface area contributed by atoms with Crippen LogP contribution in [0.3, 0.4) is 0 Å². The van der Waals surface area contributed by atoms with Crippen molar-refractivity contribution in [1.29, 1.82) is 0 Å². The molecule has 6 heteroatoms. The summed E-state index contributed by atoms with van der Waals surface area (Å²) >= 11 is -0.556. The van der Waals surface area contributed by atoms with Crippen molar-refractivity contribution in [2.75, 3.05) is 0 Å². The van der Waals surface area contributed by atoms with Crippen molar-refractivity contribution in [3.8, 4) is 5.75 Å². The van der Waals surface area contributed by atoms with Crippen molar-refractivity contribution in [3.63, 3.8) is 0 Å². The summed E-state index contributed by atoms with van der Waals surface area (Å²) in [6, 6.07) is 15.6. The van der Waals surface area contributed by atoms with Crippen LogP contribution in [0.25, 0.3) is 0 Å². The van der Waals surface area contributed by atoms with Gasteiger partial charge in [-0.3, -0.25) is 4.99 Å². The van der Waals surface area contributed by atoms with E-state index in [9.17, 15) is 5.11 Å². The molecule has 0 aliphatic rings. The summed E-state index contributed by atoms with van der Waals surface area (Å²) in [5, 5.41) is 11.4. The van der Waals surface area contributed by atoms with Crippen LogP contribution in [0.2, 0.25) is 19.6 Å². The predicted molar refractivity (Wildman–Crippen MR) is 96.5 cm³/mol. The second kappa shape index (κ2) is 9.54. The molecule has 0 radical (unpaired) electrons. The zero-order valence-corrected chi connectivity index (χ0v) is 16.9. The summed E-state index contributed by atoms with van der Waals surface area (Å²) in [5.41, 5.74) is 1.67. The number of aromatic hydroxyl groups is 1. The van der Waals surface area contributed by atoms with Gasteiger partial charge in [-0.2, -0.15) is 0 Å². The van der Waals surface area contributed by atoms with Gasteiger partial charge in [0.1, 0.15) is 5.75 Å². The molecule has 2 aromatic rings. The first-order valence-electron chi connectivity index (χ1n) is 6.78. The Balaban J connectivity index is 0.000000745. The van der Waals surface area contributed by atoms with Crippen molar-refractivity contribution < 1.29 is 22.1 Å². The summed E-state index contributed by atoms with van der Waals surface area (Å²) in [5.74, 6) is 0.376. The average molecular weight is 388 g/mol. The molecule has 22 heavy (non-hydrogen) atoms. The summed E-state index contributed by atoms with van der Waals surface area (Å²) in [6.45, 7) is 6.67. The number of aliphatic imine (C=N–C) groups is 1. The molecule has 1 N–H and O–H groups in total. The number of benzene rings is 2. The third-order valence-corrected chi connectivity index (χ3v) is 5.00. The zero-order chi connectivity index (χ0) is 16.6. The molecule has 0 spiro atoms. The first-order valence-corrected chi connectivity index (χ1v) is 14.6. The van der Waals surface area contributed by atoms with Gasteiger partial charge in [-0.25, -0.2) is 0 Å². The molecular weight excluding hydrogens is 369 g/mol. The Hall–Kier alpha value is -0.579. The molecule has 2 nitrogen and oxygen atoms in total. The molecular formula is C16H19Cl2NOSiTi. The third-order valence-electron chi connectivity index (χ3n) is 2.98. The third kappa shape index (κ3) is 6.27. The summed E-state index contributed by atoms with van der Waals surface area (Å²) in [7, 11) is 8.25. The van der Waals surface area contributed by atoms with E-state index in [1.807, 2.05) is 48.5 Å². The molecule has 0 fully saturated rings. The molecule has 0 heterocycles. The van der Waals surface area contributed by atoms with Gasteiger partial charge in [-0.1, -0.05) is 50.0 Å². The van der Waals surface area contributed by atoms with E-state index in [0.717, 1.165) is 16.4 Å². The van der Waals surface area contributed by atoms with Gasteiger partial charge in [-0.05, 0) is 23.4 Å². The summed E-state index contributed by atoms with van der Waals surface area (Å²) in [4.78, 5) is 4.39. The molecule has 2 aromatic carbocycles. The number of hydrogen-bond donors (Lipinski definition) is 1. The predicted octanol–water partition coefficient (Wildman–Crippen LogP) is 5.06. The van der Waals surface area contributed by atoms with Crippen molar-refractivity contribution in [1.82, 2.24) is 0 Å². The van der Waals surface area contributed by atoms with Crippen LogP contribution in [-0.4, -0.2) is 19.4 Å². The fourth-order valence-corrected chi connectivity index (χ4v) is 3.38. The fourth-order valence-electron chi connectivity index (χ4n) is 1.93. The van der Waals surface area contributed by atoms with E-state index in [2.05, 4.69) is 24.6 Å². The second-order valence-electron chi connectivity index (χ2n) is 5.66. The van der Waals surface area contributed by atoms with Crippen LogP contribution < -0.4 is 5.19 Å². The van der Waals surface area contributed by atoms with Crippen molar-refractivity contribution >= 4 is 43.8 Å². The van der Waals surface area contributed by atoms with Gasteiger partial charge >= 0.3 is 35.6 Å². The second-order valence-corrected chi connectivity index (χ2v) is 13.3. The Bertz CT molecular complexity index is 615. The number of nitrogens with zero attached hydrogens (tertiary/aromatic N) is 1. The van der Waals surface area contributed by atoms with Crippen LogP contribution in [0.1, 0.15) is 5.56 Å². The van der Waals surface area contributed by atoms with Gasteiger partial charge in [0.25, 0.3) is 0 Å². The van der Waals surface area contributed by atoms with Gasteiger partial charge in [0.05, 0.1) is 13.8 Å². The van der Waals surface area contributed by atoms with Gasteiger partial charge in [0, 0.05) is 11.8 Å². The minimum atomic E-state index is -1.53. The van der Waals surface area contributed by atoms with E-state index in [-0.39, 0.29) is 0 Å². The molecule has 0 saturated heterocycles. The monoisotopic (exact) mass is 387 g/mol. The maximum atomic E-state index is 10.3. The van der Waals surface area contributed by atoms with E-state index >= 15 is 0 Å². The molecule has 0 saturated carbocycles. The SMILES string of the molecule is C[Si](C)(C)c1cccc(C=Nc2ccccc2)c1O.[Cl][Ti][Cl]. The van der Waals surface area contributed by atoms with Gasteiger partial charge in [0.15, 0.2) is 0 Å². The summed E-state index contributed by atoms with van der Waals surface area (Å²) in [6.07, 6.45) is 1.73. The number of hydrogen-bond acceptors (Lipinski definition) is 2. The molecule has 0 bridgehead atoms. The van der Waals surface area contributed by atoms with E-state index in [0.29, 0.717) is 5.75 Å². The number of phenols is 1. The average Bonchev–Trinajstić information content (AvgIpc) is 2.47. The first kappa shape index (κ1) is 19.5. The van der Waals surface area contributed by atoms with E-state index in [4.69, 9.17) is 18.6 Å². The number of phenolic OH excluding ortho intramolecular Hbond substituents is 1. The normalized spacial score (nSPS) is 11.0. The minimum absolute atomic E-state index is 0.376. The maximum absolute atomic E-state index is 10.3. The van der Waals surface area contributed by atoms with Gasteiger partial charge < -0.3 is 5.11 Å². The van der Waals surface area contributed by atoms with Crippen LogP contribution in [0.15, 0.2) is 53.5 Å². The Morgan fingerprint density at radius 1 is 1.00 bits per heavy atom. The first-order chi connectivity index (χ1) is 10.4. The Labute approximate surface area is 149 Å². The Kier molecular flexibility index (Phi) is 8.44. The van der Waals surface area contributed by atoms with Crippen LogP contribution in [0.5, 0.6) is 5.75 Å². The van der Waals surface area contributed by atoms with Crippen molar-refractivity contribution in [2.24, 2.45) is 4.99 Å². The van der Waals surface area contributed by atoms with Crippen LogP contribution >= 0.6 is 18.6 Å². The Morgan fingerprint density at radius 3 is 2.14 bits per heavy atom. The van der Waals surface area contributed by atoms with Gasteiger partial charge in [-0.15, -0.1) is 0 Å². The number of para-hydroxylation sites is 2. The molecule has 0 atom stereocenters. The molecule has 0 aliphatic heterocycles. The molecule has 116 valence electrons. The molecule has 0 amide bonds. The van der Waals surface area contributed by atoms with Crippen molar-refractivity contribution in [2.45, 2.75) is 19.6 Å². The van der Waals surface area contributed by atoms with Crippen LogP contribution in [0, 0.1) is 0 Å². The molecule has 0 aromatic heterocycles. The quantitative estimate of drug-likeness (QED) is 0.578. The summed E-state index contributed by atoms with van der Waals surface area (Å²) < 4.78 is 0. The van der Waals surface area contributed by atoms with Gasteiger partial charge in [0.2, 0.25) is 0 Å². The molecule has 0 aliphatic carbocycles. The number of halogens is 2. The Morgan fingerprint density at radius 2 is 1.59 bits per heavy atom. The topological polar surface area (TPSA) is 32.6 Å². The van der Waals surface area contributed by atoms with E-state index < -0.39 is 25.1 Å². The number of rotatable bonds is 3. The van der Waals surface area contributed by atoms with E-state index in [1.54, 1.807) is 6.21 Å². The van der Waals surface area contributed by atoms with Crippen LogP contribution in [-0.2, 0) is 17.0 Å². The fraction of sp³-hybridized carbons (Fsp3) is 0.188. The zero-order valence-electron chi connectivity index (χ0n) is 12.8. The molecule has 0 unspecified atom stereocenters. The standard InChI is InChI=1S/C16H19NOSi.2ClH.Ti/c1-19(2,3)15-11-7-8-13(16(15)18)12-17-14-9-5-4-6-10-14;;;/h4-12,18H,1-3H3;2*1H;/q;;;+2/p-2. The molecule has 2 rings (SSSR count). The van der Waals surface area contributed by atoms with E-state index in [1.165, 1.54) is 0 Å².